The number of guanidine groups is 1. The summed E-state index contributed by atoms with van der Waals surface area (Å²) in [4.78, 5) is 29.7. The van der Waals surface area contributed by atoms with E-state index in [2.05, 4.69) is 15.6 Å². The van der Waals surface area contributed by atoms with Crippen molar-refractivity contribution in [1.29, 1.82) is 0 Å². The van der Waals surface area contributed by atoms with E-state index in [4.69, 9.17) is 5.73 Å². The Labute approximate surface area is 158 Å². The maximum absolute atomic E-state index is 12.4. The van der Waals surface area contributed by atoms with Crippen molar-refractivity contribution in [2.24, 2.45) is 10.7 Å². The number of hydrogen-bond acceptors (Lipinski definition) is 3. The second-order valence-corrected chi connectivity index (χ2v) is 6.47. The van der Waals surface area contributed by atoms with Gasteiger partial charge in [0.2, 0.25) is 5.91 Å². The van der Waals surface area contributed by atoms with E-state index in [1.165, 1.54) is 5.56 Å². The molecule has 0 unspecified atom stereocenters. The number of benzene rings is 2. The van der Waals surface area contributed by atoms with Gasteiger partial charge in [0.15, 0.2) is 5.96 Å². The highest BCUT2D eigenvalue weighted by Crippen LogP contribution is 2.11. The summed E-state index contributed by atoms with van der Waals surface area (Å²) in [6.07, 6.45) is 0. The molecule has 1 aliphatic heterocycles. The second-order valence-electron chi connectivity index (χ2n) is 6.47. The zero-order valence-electron chi connectivity index (χ0n) is 15.2. The lowest BCUT2D eigenvalue weighted by Crippen LogP contribution is -2.49. The number of nitrogens with zero attached hydrogens (tertiary/aromatic N) is 2. The van der Waals surface area contributed by atoms with Gasteiger partial charge >= 0.3 is 0 Å². The first-order valence-electron chi connectivity index (χ1n) is 8.80. The molecule has 1 heterocycles. The monoisotopic (exact) mass is 365 g/mol. The average Bonchev–Trinajstić information content (AvgIpc) is 2.68. The van der Waals surface area contributed by atoms with Crippen LogP contribution in [-0.4, -0.2) is 42.3 Å². The third kappa shape index (κ3) is 5.07. The van der Waals surface area contributed by atoms with Crippen LogP contribution in [0.4, 0.5) is 5.69 Å². The zero-order chi connectivity index (χ0) is 19.2. The average molecular weight is 365 g/mol. The van der Waals surface area contributed by atoms with Crippen LogP contribution in [0.25, 0.3) is 0 Å². The van der Waals surface area contributed by atoms with Gasteiger partial charge in [-0.05, 0) is 36.8 Å². The number of piperazine rings is 1. The first-order valence-corrected chi connectivity index (χ1v) is 8.80. The summed E-state index contributed by atoms with van der Waals surface area (Å²) < 4.78 is 0. The van der Waals surface area contributed by atoms with Gasteiger partial charge < -0.3 is 21.3 Å². The molecule has 0 radical (unpaired) electrons. The fraction of sp³-hybridized carbons (Fsp3) is 0.250. The highest BCUT2D eigenvalue weighted by Gasteiger charge is 2.21. The lowest BCUT2D eigenvalue weighted by atomic mass is 10.1. The number of amides is 2. The zero-order valence-corrected chi connectivity index (χ0v) is 15.2. The van der Waals surface area contributed by atoms with Crippen molar-refractivity contribution in [3.63, 3.8) is 0 Å². The van der Waals surface area contributed by atoms with E-state index in [0.717, 1.165) is 11.3 Å². The molecule has 0 aromatic heterocycles. The number of rotatable bonds is 4. The molecule has 0 spiro atoms. The number of aryl methyl sites for hydroxylation is 1. The van der Waals surface area contributed by atoms with Crippen LogP contribution < -0.4 is 16.4 Å². The smallest absolute Gasteiger partial charge is 0.254 e. The van der Waals surface area contributed by atoms with Crippen molar-refractivity contribution in [2.75, 3.05) is 25.0 Å². The molecule has 0 bridgehead atoms. The highest BCUT2D eigenvalue weighted by molar-refractivity contribution is 5.97. The summed E-state index contributed by atoms with van der Waals surface area (Å²) in [5.41, 5.74) is 9.48. The van der Waals surface area contributed by atoms with Crippen LogP contribution in [0.3, 0.4) is 0 Å². The van der Waals surface area contributed by atoms with Gasteiger partial charge in [0, 0.05) is 24.3 Å². The molecule has 2 amide bonds. The summed E-state index contributed by atoms with van der Waals surface area (Å²) >= 11 is 0. The highest BCUT2D eigenvalue weighted by atomic mass is 16.2. The molecule has 1 aliphatic rings. The van der Waals surface area contributed by atoms with Gasteiger partial charge in [0.05, 0.1) is 13.1 Å². The Kier molecular flexibility index (Phi) is 5.71. The summed E-state index contributed by atoms with van der Waals surface area (Å²) in [5.74, 6) is 0.0656. The number of nitrogens with two attached hydrogens (primary N) is 1. The second kappa shape index (κ2) is 8.35. The minimum atomic E-state index is -0.138. The van der Waals surface area contributed by atoms with E-state index in [0.29, 0.717) is 31.2 Å². The number of carbonyl (C=O) groups is 2. The van der Waals surface area contributed by atoms with Gasteiger partial charge in [-0.2, -0.15) is 0 Å². The number of aliphatic imine (C=N–C) groups is 1. The van der Waals surface area contributed by atoms with Gasteiger partial charge in [0.25, 0.3) is 5.91 Å². The Bertz CT molecular complexity index is 844. The summed E-state index contributed by atoms with van der Waals surface area (Å²) in [6.45, 7) is 3.55. The van der Waals surface area contributed by atoms with Gasteiger partial charge in [-0.3, -0.25) is 9.59 Å². The van der Waals surface area contributed by atoms with Crippen molar-refractivity contribution in [1.82, 2.24) is 10.2 Å². The van der Waals surface area contributed by atoms with Crippen LogP contribution in [0.2, 0.25) is 0 Å². The van der Waals surface area contributed by atoms with Crippen molar-refractivity contribution in [3.8, 4) is 0 Å². The lowest BCUT2D eigenvalue weighted by Gasteiger charge is -2.26. The van der Waals surface area contributed by atoms with Gasteiger partial charge in [-0.15, -0.1) is 0 Å². The summed E-state index contributed by atoms with van der Waals surface area (Å²) in [7, 11) is 0. The molecular formula is C20H23N5O2. The number of hydrogen-bond donors (Lipinski definition) is 3. The van der Waals surface area contributed by atoms with Crippen molar-refractivity contribution < 1.29 is 9.59 Å². The third-order valence-corrected chi connectivity index (χ3v) is 4.28. The Morgan fingerprint density at radius 1 is 1.19 bits per heavy atom. The van der Waals surface area contributed by atoms with E-state index in [1.807, 2.05) is 43.3 Å². The molecule has 7 heteroatoms. The molecule has 140 valence electrons. The lowest BCUT2D eigenvalue weighted by molar-refractivity contribution is -0.123. The molecule has 7 nitrogen and oxygen atoms in total. The molecule has 2 aromatic rings. The van der Waals surface area contributed by atoms with E-state index >= 15 is 0 Å². The Balaban J connectivity index is 1.57. The minimum absolute atomic E-state index is 0.103. The quantitative estimate of drug-likeness (QED) is 0.565. The number of nitrogens with one attached hydrogen (secondary N) is 2. The minimum Gasteiger partial charge on any atom is -0.370 e. The summed E-state index contributed by atoms with van der Waals surface area (Å²) in [6, 6.07) is 15.1. The van der Waals surface area contributed by atoms with Crippen LogP contribution in [-0.2, 0) is 11.3 Å². The van der Waals surface area contributed by atoms with E-state index in [9.17, 15) is 9.59 Å². The van der Waals surface area contributed by atoms with Crippen LogP contribution in [0.1, 0.15) is 21.5 Å². The number of anilines is 1. The SMILES string of the molecule is Cc1ccc(NC(N)=NCc2ccc(C(=O)N3CCNC(=O)C3)cc2)cc1. The molecular weight excluding hydrogens is 342 g/mol. The summed E-state index contributed by atoms with van der Waals surface area (Å²) in [5, 5.41) is 5.75. The fourth-order valence-corrected chi connectivity index (χ4v) is 2.75. The van der Waals surface area contributed by atoms with Crippen LogP contribution >= 0.6 is 0 Å². The van der Waals surface area contributed by atoms with E-state index in [1.54, 1.807) is 17.0 Å². The molecule has 2 aromatic carbocycles. The first-order chi connectivity index (χ1) is 13.0. The Morgan fingerprint density at radius 3 is 2.56 bits per heavy atom. The molecule has 1 saturated heterocycles. The van der Waals surface area contributed by atoms with E-state index in [-0.39, 0.29) is 18.4 Å². The maximum Gasteiger partial charge on any atom is 0.254 e. The van der Waals surface area contributed by atoms with Crippen LogP contribution in [0.15, 0.2) is 53.5 Å². The molecule has 27 heavy (non-hydrogen) atoms. The number of carbonyl (C=O) groups excluding carboxylic acids is 2. The van der Waals surface area contributed by atoms with Gasteiger partial charge in [-0.1, -0.05) is 29.8 Å². The fourth-order valence-electron chi connectivity index (χ4n) is 2.75. The maximum atomic E-state index is 12.4. The topological polar surface area (TPSA) is 99.8 Å². The molecule has 4 N–H and O–H groups in total. The van der Waals surface area contributed by atoms with Crippen molar-refractivity contribution in [3.05, 3.63) is 65.2 Å². The normalized spacial score (nSPS) is 14.6. The van der Waals surface area contributed by atoms with E-state index < -0.39 is 0 Å². The molecule has 1 fully saturated rings. The van der Waals surface area contributed by atoms with Crippen LogP contribution in [0, 0.1) is 6.92 Å². The van der Waals surface area contributed by atoms with Gasteiger partial charge in [-0.25, -0.2) is 4.99 Å². The Morgan fingerprint density at radius 2 is 1.89 bits per heavy atom. The largest absolute Gasteiger partial charge is 0.370 e. The Hall–Kier alpha value is -3.35. The first kappa shape index (κ1) is 18.4. The molecule has 0 aliphatic carbocycles. The van der Waals surface area contributed by atoms with Gasteiger partial charge in [0.1, 0.15) is 0 Å². The third-order valence-electron chi connectivity index (χ3n) is 4.28. The van der Waals surface area contributed by atoms with Crippen molar-refractivity contribution in [2.45, 2.75) is 13.5 Å². The molecule has 0 atom stereocenters. The molecule has 3 rings (SSSR count). The molecule has 0 saturated carbocycles. The predicted octanol–water partition coefficient (Wildman–Crippen LogP) is 1.49. The standard InChI is InChI=1S/C20H23N5O2/c1-14-2-8-17(9-3-14)24-20(21)23-12-15-4-6-16(7-5-15)19(27)25-11-10-22-18(26)13-25/h2-9H,10-13H2,1H3,(H,22,26)(H3,21,23,24). The van der Waals surface area contributed by atoms with Crippen LogP contribution in [0.5, 0.6) is 0 Å². The van der Waals surface area contributed by atoms with Crippen molar-refractivity contribution >= 4 is 23.5 Å². The predicted molar refractivity (Wildman–Crippen MR) is 105 cm³/mol.